The average Bonchev–Trinajstić information content (AvgIpc) is 3.16. The van der Waals surface area contributed by atoms with Crippen LogP contribution in [0.4, 0.5) is 10.2 Å². The Bertz CT molecular complexity index is 1430. The Labute approximate surface area is 224 Å². The molecule has 0 saturated carbocycles. The Kier molecular flexibility index (Phi) is 8.72. The van der Waals surface area contributed by atoms with E-state index in [0.29, 0.717) is 29.6 Å². The standard InChI is InChI=1S/C27H27FN4O5S/c1-35-21-9-3-18(4-10-21)17-37-14-13-31-23(15-25(33)30-24-12-11-22(36-2)16-29-24)26(34)32(27(31)38)20-7-5-19(28)6-8-20/h3-12,16,34H,13-15,17H2,1-2H3,(H,29,30,33). The van der Waals surface area contributed by atoms with Gasteiger partial charge in [-0.25, -0.2) is 9.37 Å². The molecule has 0 bridgehead atoms. The number of nitrogens with one attached hydrogen (secondary N) is 1. The van der Waals surface area contributed by atoms with Crippen LogP contribution in [0.1, 0.15) is 11.3 Å². The van der Waals surface area contributed by atoms with Crippen molar-refractivity contribution in [2.45, 2.75) is 19.6 Å². The number of amides is 1. The Morgan fingerprint density at radius 2 is 1.71 bits per heavy atom. The minimum Gasteiger partial charge on any atom is -0.497 e. The number of aromatic nitrogens is 3. The molecule has 1 amide bonds. The van der Waals surface area contributed by atoms with Gasteiger partial charge in [0.25, 0.3) is 0 Å². The first-order valence-electron chi connectivity index (χ1n) is 11.7. The van der Waals surface area contributed by atoms with E-state index in [1.165, 1.54) is 42.1 Å². The molecule has 198 valence electrons. The van der Waals surface area contributed by atoms with Crippen molar-refractivity contribution in [2.24, 2.45) is 0 Å². The fourth-order valence-electron chi connectivity index (χ4n) is 3.79. The van der Waals surface area contributed by atoms with Crippen LogP contribution in [0, 0.1) is 10.6 Å². The van der Waals surface area contributed by atoms with Crippen LogP contribution in [-0.2, 0) is 29.1 Å². The number of pyridine rings is 1. The van der Waals surface area contributed by atoms with E-state index in [1.54, 1.807) is 23.8 Å². The van der Waals surface area contributed by atoms with E-state index < -0.39 is 11.7 Å². The molecule has 38 heavy (non-hydrogen) atoms. The molecular formula is C27H27FN4O5S. The minimum absolute atomic E-state index is 0.185. The van der Waals surface area contributed by atoms with Gasteiger partial charge in [0.2, 0.25) is 11.8 Å². The minimum atomic E-state index is -0.419. The van der Waals surface area contributed by atoms with Crippen LogP contribution in [0.2, 0.25) is 0 Å². The molecule has 0 atom stereocenters. The van der Waals surface area contributed by atoms with Crippen molar-refractivity contribution in [1.82, 2.24) is 14.1 Å². The van der Waals surface area contributed by atoms with Gasteiger partial charge in [0.05, 0.1) is 51.4 Å². The Morgan fingerprint density at radius 1 is 1.03 bits per heavy atom. The largest absolute Gasteiger partial charge is 0.497 e. The zero-order chi connectivity index (χ0) is 27.1. The van der Waals surface area contributed by atoms with Crippen LogP contribution in [-0.4, -0.2) is 46.0 Å². The van der Waals surface area contributed by atoms with E-state index in [9.17, 15) is 14.3 Å². The van der Waals surface area contributed by atoms with E-state index >= 15 is 0 Å². The maximum absolute atomic E-state index is 13.5. The predicted molar refractivity (Wildman–Crippen MR) is 142 cm³/mol. The third-order valence-electron chi connectivity index (χ3n) is 5.76. The molecule has 2 N–H and O–H groups in total. The van der Waals surface area contributed by atoms with Crippen molar-refractivity contribution in [2.75, 3.05) is 26.1 Å². The Hall–Kier alpha value is -4.22. The van der Waals surface area contributed by atoms with Crippen molar-refractivity contribution in [3.8, 4) is 23.1 Å². The van der Waals surface area contributed by atoms with Gasteiger partial charge in [-0.1, -0.05) is 12.1 Å². The molecule has 0 saturated heterocycles. The monoisotopic (exact) mass is 538 g/mol. The van der Waals surface area contributed by atoms with E-state index in [1.807, 2.05) is 24.3 Å². The Balaban J connectivity index is 1.53. The van der Waals surface area contributed by atoms with Gasteiger partial charge in [0.15, 0.2) is 4.77 Å². The number of carbonyl (C=O) groups excluding carboxylic acids is 1. The zero-order valence-corrected chi connectivity index (χ0v) is 21.7. The lowest BCUT2D eigenvalue weighted by molar-refractivity contribution is -0.115. The summed E-state index contributed by atoms with van der Waals surface area (Å²) in [6.45, 7) is 0.906. The maximum Gasteiger partial charge on any atom is 0.231 e. The number of anilines is 1. The molecular weight excluding hydrogens is 511 g/mol. The second-order valence-electron chi connectivity index (χ2n) is 8.23. The van der Waals surface area contributed by atoms with Crippen molar-refractivity contribution in [1.29, 1.82) is 0 Å². The number of hydrogen-bond acceptors (Lipinski definition) is 7. The lowest BCUT2D eigenvalue weighted by Crippen LogP contribution is -2.18. The topological polar surface area (TPSA) is 99.8 Å². The van der Waals surface area contributed by atoms with Gasteiger partial charge >= 0.3 is 0 Å². The fraction of sp³-hybridized carbons (Fsp3) is 0.222. The summed E-state index contributed by atoms with van der Waals surface area (Å²) in [5.74, 6) is 0.608. The number of imidazole rings is 1. The molecule has 0 spiro atoms. The van der Waals surface area contributed by atoms with Crippen LogP contribution < -0.4 is 14.8 Å². The van der Waals surface area contributed by atoms with Crippen molar-refractivity contribution in [3.05, 3.63) is 88.7 Å². The highest BCUT2D eigenvalue weighted by molar-refractivity contribution is 7.71. The average molecular weight is 539 g/mol. The van der Waals surface area contributed by atoms with Crippen LogP contribution in [0.25, 0.3) is 5.69 Å². The molecule has 0 radical (unpaired) electrons. The van der Waals surface area contributed by atoms with Crippen molar-refractivity contribution >= 4 is 23.9 Å². The first-order chi connectivity index (χ1) is 18.4. The van der Waals surface area contributed by atoms with Gasteiger partial charge in [0.1, 0.15) is 23.1 Å². The number of methoxy groups -OCH3 is 2. The number of halogens is 1. The lowest BCUT2D eigenvalue weighted by Gasteiger charge is -2.10. The second kappa shape index (κ2) is 12.3. The molecule has 0 fully saturated rings. The number of rotatable bonds is 11. The summed E-state index contributed by atoms with van der Waals surface area (Å²) in [5, 5.41) is 13.8. The number of benzene rings is 2. The lowest BCUT2D eigenvalue weighted by atomic mass is 10.2. The molecule has 2 aromatic heterocycles. The summed E-state index contributed by atoms with van der Waals surface area (Å²) in [6.07, 6.45) is 1.30. The van der Waals surface area contributed by atoms with E-state index in [4.69, 9.17) is 26.4 Å². The van der Waals surface area contributed by atoms with Gasteiger partial charge < -0.3 is 29.2 Å². The molecule has 11 heteroatoms. The highest BCUT2D eigenvalue weighted by Crippen LogP contribution is 2.27. The number of hydrogen-bond donors (Lipinski definition) is 2. The van der Waals surface area contributed by atoms with Gasteiger partial charge in [-0.3, -0.25) is 9.36 Å². The number of nitrogens with zero attached hydrogens (tertiary/aromatic N) is 3. The van der Waals surface area contributed by atoms with Gasteiger partial charge in [-0.2, -0.15) is 0 Å². The third-order valence-corrected chi connectivity index (χ3v) is 6.16. The van der Waals surface area contributed by atoms with Crippen LogP contribution in [0.5, 0.6) is 17.4 Å². The molecule has 2 heterocycles. The highest BCUT2D eigenvalue weighted by Gasteiger charge is 2.21. The normalized spacial score (nSPS) is 10.8. The predicted octanol–water partition coefficient (Wildman–Crippen LogP) is 4.66. The summed E-state index contributed by atoms with van der Waals surface area (Å²) in [6, 6.07) is 16.3. The molecule has 4 aromatic rings. The molecule has 9 nitrogen and oxygen atoms in total. The van der Waals surface area contributed by atoms with Crippen LogP contribution >= 0.6 is 12.2 Å². The Morgan fingerprint density at radius 3 is 2.34 bits per heavy atom. The summed E-state index contributed by atoms with van der Waals surface area (Å²) < 4.78 is 32.9. The van der Waals surface area contributed by atoms with Gasteiger partial charge in [0, 0.05) is 6.54 Å². The summed E-state index contributed by atoms with van der Waals surface area (Å²) in [4.78, 5) is 17.0. The quantitative estimate of drug-likeness (QED) is 0.212. The maximum atomic E-state index is 13.5. The first-order valence-corrected chi connectivity index (χ1v) is 12.1. The molecule has 2 aromatic carbocycles. The fourth-order valence-corrected chi connectivity index (χ4v) is 4.18. The zero-order valence-electron chi connectivity index (χ0n) is 20.9. The van der Waals surface area contributed by atoms with E-state index in [2.05, 4.69) is 10.3 Å². The number of ether oxygens (including phenoxy) is 3. The summed E-state index contributed by atoms with van der Waals surface area (Å²) >= 11 is 5.64. The molecule has 0 unspecified atom stereocenters. The second-order valence-corrected chi connectivity index (χ2v) is 8.59. The smallest absolute Gasteiger partial charge is 0.231 e. The molecule has 0 aliphatic carbocycles. The molecule has 4 rings (SSSR count). The molecule has 0 aliphatic heterocycles. The SMILES string of the molecule is COc1ccc(COCCn2c(CC(=O)Nc3ccc(OC)cn3)c(O)n(-c3ccc(F)cc3)c2=S)cc1. The van der Waals surface area contributed by atoms with E-state index in [-0.39, 0.29) is 30.2 Å². The third kappa shape index (κ3) is 6.36. The summed E-state index contributed by atoms with van der Waals surface area (Å²) in [7, 11) is 3.13. The summed E-state index contributed by atoms with van der Waals surface area (Å²) in [5.41, 5.74) is 1.72. The van der Waals surface area contributed by atoms with E-state index in [0.717, 1.165) is 11.3 Å². The van der Waals surface area contributed by atoms with Crippen molar-refractivity contribution in [3.63, 3.8) is 0 Å². The first kappa shape index (κ1) is 26.8. The number of carbonyl (C=O) groups is 1. The van der Waals surface area contributed by atoms with Crippen molar-refractivity contribution < 1.29 is 28.5 Å². The number of aromatic hydroxyl groups is 1. The van der Waals surface area contributed by atoms with Gasteiger partial charge in [-0.15, -0.1) is 0 Å². The highest BCUT2D eigenvalue weighted by atomic mass is 32.1. The van der Waals surface area contributed by atoms with Gasteiger partial charge in [-0.05, 0) is 66.3 Å². The van der Waals surface area contributed by atoms with Crippen LogP contribution in [0.15, 0.2) is 66.9 Å². The van der Waals surface area contributed by atoms with Crippen LogP contribution in [0.3, 0.4) is 0 Å². The molecule has 0 aliphatic rings.